The summed E-state index contributed by atoms with van der Waals surface area (Å²) >= 11 is 0. The fraction of sp³-hybridized carbons (Fsp3) is 0.333. The van der Waals surface area contributed by atoms with Crippen molar-refractivity contribution in [2.45, 2.75) is 25.5 Å². The number of carbonyl (C=O) groups excluding carboxylic acids is 1. The summed E-state index contributed by atoms with van der Waals surface area (Å²) in [5.41, 5.74) is 2.77. The molecular weight excluding hydrogens is 342 g/mol. The summed E-state index contributed by atoms with van der Waals surface area (Å²) in [6.07, 6.45) is 1.54. The zero-order valence-electron chi connectivity index (χ0n) is 15.1. The van der Waals surface area contributed by atoms with Gasteiger partial charge >= 0.3 is 5.69 Å². The van der Waals surface area contributed by atoms with Crippen molar-refractivity contribution in [1.29, 1.82) is 0 Å². The third-order valence-electron chi connectivity index (χ3n) is 5.14. The maximum absolute atomic E-state index is 12.4. The van der Waals surface area contributed by atoms with Crippen LogP contribution in [-0.4, -0.2) is 40.1 Å². The Hall–Kier alpha value is -2.86. The lowest BCUT2D eigenvalue weighted by atomic mass is 10.0. The molecule has 2 aromatic carbocycles. The number of likely N-dealkylation sites (tertiary alicyclic amines) is 1. The van der Waals surface area contributed by atoms with Gasteiger partial charge in [-0.25, -0.2) is 4.79 Å². The van der Waals surface area contributed by atoms with Crippen LogP contribution < -0.4 is 5.69 Å². The second-order valence-corrected chi connectivity index (χ2v) is 6.91. The second kappa shape index (κ2) is 7.80. The molecule has 1 aliphatic heterocycles. The number of imidazole rings is 1. The van der Waals surface area contributed by atoms with Gasteiger partial charge in [0.15, 0.2) is 0 Å². The van der Waals surface area contributed by atoms with Gasteiger partial charge in [-0.3, -0.25) is 9.36 Å². The van der Waals surface area contributed by atoms with Crippen molar-refractivity contribution in [3.8, 4) is 0 Å². The summed E-state index contributed by atoms with van der Waals surface area (Å²) in [6.45, 7) is 1.81. The molecule has 2 heterocycles. The minimum Gasteiger partial charge on any atom is -0.367 e. The first-order chi connectivity index (χ1) is 13.2. The molecule has 1 aliphatic rings. The van der Waals surface area contributed by atoms with Crippen LogP contribution in [0.4, 0.5) is 0 Å². The van der Waals surface area contributed by atoms with Crippen molar-refractivity contribution in [2.24, 2.45) is 0 Å². The van der Waals surface area contributed by atoms with Crippen molar-refractivity contribution in [3.63, 3.8) is 0 Å². The number of H-pyrrole nitrogens is 1. The molecule has 0 radical (unpaired) electrons. The number of piperidine rings is 1. The number of nitrogens with one attached hydrogen (secondary N) is 1. The fourth-order valence-corrected chi connectivity index (χ4v) is 3.73. The molecule has 3 aromatic rings. The van der Waals surface area contributed by atoms with E-state index in [4.69, 9.17) is 4.74 Å². The second-order valence-electron chi connectivity index (χ2n) is 6.91. The predicted octanol–water partition coefficient (Wildman–Crippen LogP) is 2.71. The number of benzene rings is 2. The summed E-state index contributed by atoms with van der Waals surface area (Å²) in [4.78, 5) is 29.5. The van der Waals surface area contributed by atoms with E-state index in [9.17, 15) is 9.59 Å². The molecule has 1 saturated heterocycles. The van der Waals surface area contributed by atoms with Gasteiger partial charge in [0.05, 0.1) is 17.6 Å². The molecule has 0 bridgehead atoms. The first-order valence-electron chi connectivity index (χ1n) is 9.31. The van der Waals surface area contributed by atoms with Gasteiger partial charge in [-0.05, 0) is 30.5 Å². The van der Waals surface area contributed by atoms with Crippen molar-refractivity contribution in [3.05, 3.63) is 70.6 Å². The van der Waals surface area contributed by atoms with Gasteiger partial charge in [-0.2, -0.15) is 0 Å². The number of hydrogen-bond acceptors (Lipinski definition) is 3. The van der Waals surface area contributed by atoms with E-state index in [2.05, 4.69) is 4.98 Å². The quantitative estimate of drug-likeness (QED) is 0.756. The van der Waals surface area contributed by atoms with Gasteiger partial charge in [0.1, 0.15) is 6.61 Å². The van der Waals surface area contributed by atoms with E-state index in [-0.39, 0.29) is 24.2 Å². The molecule has 6 heteroatoms. The monoisotopic (exact) mass is 365 g/mol. The smallest absolute Gasteiger partial charge is 0.326 e. The van der Waals surface area contributed by atoms with E-state index >= 15 is 0 Å². The minimum atomic E-state index is -0.0767. The number of hydrogen-bond donors (Lipinski definition) is 1. The van der Waals surface area contributed by atoms with Crippen LogP contribution in [-0.2, 0) is 16.1 Å². The van der Waals surface area contributed by atoms with Crippen molar-refractivity contribution >= 4 is 16.9 Å². The first-order valence-corrected chi connectivity index (χ1v) is 9.31. The molecule has 27 heavy (non-hydrogen) atoms. The van der Waals surface area contributed by atoms with Crippen molar-refractivity contribution in [2.75, 3.05) is 19.7 Å². The van der Waals surface area contributed by atoms with Gasteiger partial charge in [0.2, 0.25) is 5.91 Å². The molecule has 1 fully saturated rings. The van der Waals surface area contributed by atoms with E-state index in [1.54, 1.807) is 0 Å². The number of amides is 1. The Bertz CT molecular complexity index is 969. The van der Waals surface area contributed by atoms with Crippen LogP contribution in [0, 0.1) is 0 Å². The van der Waals surface area contributed by atoms with Gasteiger partial charge in [0.25, 0.3) is 0 Å². The molecule has 6 nitrogen and oxygen atoms in total. The number of aromatic amines is 1. The summed E-state index contributed by atoms with van der Waals surface area (Å²) in [6, 6.07) is 17.7. The Morgan fingerprint density at radius 2 is 1.74 bits per heavy atom. The standard InChI is InChI=1S/C21H23N3O3/c25-20(15-27-14-16-6-2-1-3-7-16)23-12-10-17(11-13-23)24-19-9-5-4-8-18(19)22-21(24)26/h1-9,17H,10-15H2,(H,22,26). The molecular formula is C21H23N3O3. The van der Waals surface area contributed by atoms with Crippen molar-refractivity contribution < 1.29 is 9.53 Å². The number of para-hydroxylation sites is 2. The maximum Gasteiger partial charge on any atom is 0.326 e. The lowest BCUT2D eigenvalue weighted by Crippen LogP contribution is -2.42. The molecule has 140 valence electrons. The van der Waals surface area contributed by atoms with E-state index in [0.29, 0.717) is 19.7 Å². The molecule has 0 aliphatic carbocycles. The average Bonchev–Trinajstić information content (AvgIpc) is 3.04. The van der Waals surface area contributed by atoms with E-state index in [0.717, 1.165) is 29.4 Å². The number of nitrogens with zero attached hydrogens (tertiary/aromatic N) is 2. The van der Waals surface area contributed by atoms with E-state index < -0.39 is 0 Å². The highest BCUT2D eigenvalue weighted by atomic mass is 16.5. The van der Waals surface area contributed by atoms with Gasteiger partial charge in [0, 0.05) is 19.1 Å². The van der Waals surface area contributed by atoms with Crippen LogP contribution in [0.25, 0.3) is 11.0 Å². The SMILES string of the molecule is O=C(COCc1ccccc1)N1CCC(n2c(=O)[nH]c3ccccc32)CC1. The fourth-order valence-electron chi connectivity index (χ4n) is 3.73. The van der Waals surface area contributed by atoms with Crippen molar-refractivity contribution in [1.82, 2.24) is 14.5 Å². The third-order valence-corrected chi connectivity index (χ3v) is 5.14. The molecule has 1 aromatic heterocycles. The first kappa shape index (κ1) is 17.5. The highest BCUT2D eigenvalue weighted by molar-refractivity contribution is 5.77. The Kier molecular flexibility index (Phi) is 5.07. The van der Waals surface area contributed by atoms with E-state index in [1.807, 2.05) is 64.1 Å². The van der Waals surface area contributed by atoms with Crippen LogP contribution in [0.1, 0.15) is 24.4 Å². The number of fused-ring (bicyclic) bond motifs is 1. The topological polar surface area (TPSA) is 67.3 Å². The van der Waals surface area contributed by atoms with Crippen LogP contribution in [0.3, 0.4) is 0 Å². The molecule has 0 unspecified atom stereocenters. The Morgan fingerprint density at radius 1 is 1.04 bits per heavy atom. The molecule has 1 amide bonds. The van der Waals surface area contributed by atoms with Gasteiger partial charge in [-0.1, -0.05) is 42.5 Å². The molecule has 0 spiro atoms. The number of carbonyl (C=O) groups is 1. The maximum atomic E-state index is 12.4. The Balaban J connectivity index is 1.32. The Labute approximate surface area is 157 Å². The highest BCUT2D eigenvalue weighted by Gasteiger charge is 2.25. The Morgan fingerprint density at radius 3 is 2.52 bits per heavy atom. The highest BCUT2D eigenvalue weighted by Crippen LogP contribution is 2.24. The number of ether oxygens (including phenoxy) is 1. The lowest BCUT2D eigenvalue weighted by molar-refractivity contribution is -0.137. The number of rotatable bonds is 5. The normalized spacial score (nSPS) is 15.3. The van der Waals surface area contributed by atoms with Crippen LogP contribution in [0.5, 0.6) is 0 Å². The number of aromatic nitrogens is 2. The largest absolute Gasteiger partial charge is 0.367 e. The summed E-state index contributed by atoms with van der Waals surface area (Å²) in [5, 5.41) is 0. The predicted molar refractivity (Wildman–Crippen MR) is 104 cm³/mol. The molecule has 0 saturated carbocycles. The molecule has 0 atom stereocenters. The zero-order chi connectivity index (χ0) is 18.6. The summed E-state index contributed by atoms with van der Waals surface area (Å²) in [7, 11) is 0. The van der Waals surface area contributed by atoms with Crippen LogP contribution in [0.15, 0.2) is 59.4 Å². The van der Waals surface area contributed by atoms with Crippen LogP contribution in [0.2, 0.25) is 0 Å². The molecule has 4 rings (SSSR count). The van der Waals surface area contributed by atoms with E-state index in [1.165, 1.54) is 0 Å². The zero-order valence-corrected chi connectivity index (χ0v) is 15.1. The lowest BCUT2D eigenvalue weighted by Gasteiger charge is -2.32. The molecule has 1 N–H and O–H groups in total. The third kappa shape index (κ3) is 3.80. The van der Waals surface area contributed by atoms with Gasteiger partial charge in [-0.15, -0.1) is 0 Å². The van der Waals surface area contributed by atoms with Crippen LogP contribution >= 0.6 is 0 Å². The van der Waals surface area contributed by atoms with Gasteiger partial charge < -0.3 is 14.6 Å². The summed E-state index contributed by atoms with van der Waals surface area (Å²) < 4.78 is 7.40. The summed E-state index contributed by atoms with van der Waals surface area (Å²) in [5.74, 6) is 0.00987. The minimum absolute atomic E-state index is 0.00987. The average molecular weight is 365 g/mol.